The minimum Gasteiger partial charge on any atom is -0.507 e. The van der Waals surface area contributed by atoms with Crippen molar-refractivity contribution in [2.45, 2.75) is 151 Å². The van der Waals surface area contributed by atoms with Crippen LogP contribution in [-0.4, -0.2) is 187 Å². The van der Waals surface area contributed by atoms with Crippen LogP contribution in [0.3, 0.4) is 0 Å². The quantitative estimate of drug-likeness (QED) is 0.0437. The molecule has 11 N–H and O–H groups in total. The number of methoxy groups -OCH3 is 1. The number of benzene rings is 3. The fourth-order valence-corrected chi connectivity index (χ4v) is 10.6. The fraction of sp³-hybridized carbons (Fsp3) is 0.547. The number of unbranched alkanes of at least 4 members (excludes halogenated alkanes) is 2. The van der Waals surface area contributed by atoms with E-state index in [1.807, 2.05) is 6.92 Å². The van der Waals surface area contributed by atoms with Gasteiger partial charge in [-0.2, -0.15) is 0 Å². The number of phenols is 2. The molecule has 0 spiro atoms. The number of carbonyl (C=O) groups excluding carboxylic acids is 5. The number of aromatic hydroxyl groups is 2. The lowest BCUT2D eigenvalue weighted by molar-refractivity contribution is -0.271. The van der Waals surface area contributed by atoms with Gasteiger partial charge in [-0.1, -0.05) is 38.0 Å². The number of carbonyl (C=O) groups is 6. The summed E-state index contributed by atoms with van der Waals surface area (Å²) >= 11 is 0. The van der Waals surface area contributed by atoms with Crippen LogP contribution in [0, 0.1) is 0 Å². The Kier molecular flexibility index (Phi) is 18.0. The lowest BCUT2D eigenvalue weighted by atomic mass is 9.72. The number of hydrogen-bond acceptors (Lipinski definition) is 22. The maximum atomic E-state index is 14.1. The predicted molar refractivity (Wildman–Crippen MR) is 266 cm³/mol. The maximum absolute atomic E-state index is 14.1. The summed E-state index contributed by atoms with van der Waals surface area (Å²) < 4.78 is 40.3. The van der Waals surface area contributed by atoms with Gasteiger partial charge in [0.2, 0.25) is 18.0 Å². The molecule has 3 aromatic carbocycles. The number of aliphatic hydroxyl groups excluding tert-OH is 5. The molecule has 0 aromatic heterocycles. The largest absolute Gasteiger partial charge is 0.507 e. The molecule has 2 aliphatic carbocycles. The molecule has 0 bridgehead atoms. The topological polar surface area (TPSA) is 376 Å². The summed E-state index contributed by atoms with van der Waals surface area (Å²) in [7, 11) is 1.30. The monoisotopic (exact) mass is 1100 g/mol. The molecular weight excluding hydrogens is 1030 g/mol. The first-order chi connectivity index (χ1) is 37.2. The second kappa shape index (κ2) is 24.3. The van der Waals surface area contributed by atoms with Gasteiger partial charge in [0.15, 0.2) is 24.0 Å². The molecule has 0 saturated carbocycles. The predicted octanol–water partition coefficient (Wildman–Crippen LogP) is 1.20. The van der Waals surface area contributed by atoms with E-state index < -0.39 is 145 Å². The van der Waals surface area contributed by atoms with Gasteiger partial charge in [0, 0.05) is 48.4 Å². The summed E-state index contributed by atoms with van der Waals surface area (Å²) in [6.07, 6.45) is -13.6. The number of amides is 2. The van der Waals surface area contributed by atoms with Crippen LogP contribution >= 0.6 is 0 Å². The number of phenolic OH excluding ortho intramolecular Hbond substituents is 2. The minimum atomic E-state index is -2.36. The minimum absolute atomic E-state index is 0.0338. The average Bonchev–Trinajstić information content (AvgIpc) is 3.93. The highest BCUT2D eigenvalue weighted by Crippen LogP contribution is 2.52. The van der Waals surface area contributed by atoms with Gasteiger partial charge in [-0.3, -0.25) is 24.1 Å². The first-order valence-corrected chi connectivity index (χ1v) is 25.7. The van der Waals surface area contributed by atoms with E-state index in [0.717, 1.165) is 12.8 Å². The van der Waals surface area contributed by atoms with Gasteiger partial charge in [-0.05, 0) is 56.5 Å². The molecule has 8 rings (SSSR count). The lowest BCUT2D eigenvalue weighted by Gasteiger charge is -2.43. The van der Waals surface area contributed by atoms with Crippen LogP contribution in [0.1, 0.15) is 120 Å². The van der Waals surface area contributed by atoms with E-state index in [2.05, 4.69) is 10.6 Å². The summed E-state index contributed by atoms with van der Waals surface area (Å²) in [6, 6.07) is 7.92. The van der Waals surface area contributed by atoms with E-state index in [0.29, 0.717) is 24.8 Å². The SMILES string of the molecule is CCCCCC(=O)Nc1cc(COC(=O)N2CCOC2CCCNC2CC(OC3C[C@](O)(C(=O)CO)Cc4c(O)c5c(c(O)c43)C(=O)c3c(OC)cccc3C5=O)OC(C)C2O)ccc1OC1O[C@H](C(=O)O)[C@@H](O)[C@H](O)[C@H]1O. The molecule has 3 fully saturated rings. The molecule has 3 heterocycles. The number of carboxylic acid groups (broad SMARTS) is 1. The highest BCUT2D eigenvalue weighted by atomic mass is 16.7. The number of ether oxygens (including phenoxy) is 7. The van der Waals surface area contributed by atoms with Crippen LogP contribution in [0.5, 0.6) is 23.0 Å². The summed E-state index contributed by atoms with van der Waals surface area (Å²) in [5, 5.41) is 103. The van der Waals surface area contributed by atoms with Gasteiger partial charge in [-0.15, -0.1) is 0 Å². The third kappa shape index (κ3) is 11.7. The van der Waals surface area contributed by atoms with Crippen LogP contribution in [-0.2, 0) is 51.1 Å². The molecule has 3 saturated heterocycles. The van der Waals surface area contributed by atoms with Crippen LogP contribution in [0.4, 0.5) is 10.5 Å². The fourth-order valence-electron chi connectivity index (χ4n) is 10.6. The molecule has 3 aliphatic heterocycles. The van der Waals surface area contributed by atoms with Crippen molar-refractivity contribution in [1.82, 2.24) is 10.2 Å². The molecule has 25 heteroatoms. The summed E-state index contributed by atoms with van der Waals surface area (Å²) in [4.78, 5) is 80.6. The standard InChI is InChI=1S/C53H65N3O22/c1-4-5-6-11-34(59)55-28-18-25(13-14-30(28)77-51-48(67)46(65)47(66)49(78-51)50(68)69)23-74-52(70)56-16-17-73-35(56)12-8-15-54-29-19-36(75-24(2)41(29)60)76-32-21-53(71,33(58)22-57)20-27-38(32)45(64)40-39(43(27)62)42(61)26-9-7-10-31(72-3)37(26)44(40)63/h7,9-10,13-14,18,24,29,32,35-36,41,46-49,51,54,57,60,62,64-67,71H,4-6,8,11-12,15-17,19-23H2,1-3H3,(H,55,59)(H,68,69)/t24?,29?,32?,35?,36?,41?,46-,47-,48+,49-,51?,53-/m0/s1. The zero-order valence-corrected chi connectivity index (χ0v) is 43.0. The third-order valence-electron chi connectivity index (χ3n) is 14.8. The zero-order valence-electron chi connectivity index (χ0n) is 43.0. The summed E-state index contributed by atoms with van der Waals surface area (Å²) in [6.45, 7) is 2.87. The van der Waals surface area contributed by atoms with Gasteiger partial charge >= 0.3 is 12.1 Å². The van der Waals surface area contributed by atoms with Crippen LogP contribution in [0.2, 0.25) is 0 Å². The van der Waals surface area contributed by atoms with Gasteiger partial charge in [0.05, 0.1) is 61.0 Å². The molecule has 3 aromatic rings. The van der Waals surface area contributed by atoms with E-state index in [4.69, 9.17) is 33.2 Å². The molecule has 12 atom stereocenters. The number of ketones is 3. The molecule has 5 aliphatic rings. The number of Topliss-reactive ketones (excluding diaryl/α,β-unsaturated/α-hetero) is 1. The van der Waals surface area contributed by atoms with Crippen LogP contribution in [0.15, 0.2) is 36.4 Å². The van der Waals surface area contributed by atoms with Gasteiger partial charge in [-0.25, -0.2) is 9.59 Å². The Morgan fingerprint density at radius 1 is 0.897 bits per heavy atom. The number of aliphatic carboxylic acids is 1. The van der Waals surface area contributed by atoms with Crippen LogP contribution < -0.4 is 20.1 Å². The van der Waals surface area contributed by atoms with Gasteiger partial charge in [0.1, 0.15) is 66.4 Å². The number of nitrogens with zero attached hydrogens (tertiary/aromatic N) is 1. The number of hydrogen-bond donors (Lipinski definition) is 11. The van der Waals surface area contributed by atoms with E-state index >= 15 is 0 Å². The molecule has 0 radical (unpaired) electrons. The number of carboxylic acids is 1. The van der Waals surface area contributed by atoms with Gasteiger partial charge in [0.25, 0.3) is 0 Å². The second-order valence-electron chi connectivity index (χ2n) is 20.0. The maximum Gasteiger partial charge on any atom is 0.412 e. The Balaban J connectivity index is 0.902. The van der Waals surface area contributed by atoms with Crippen molar-refractivity contribution in [3.05, 3.63) is 75.3 Å². The first kappa shape index (κ1) is 57.8. The number of fused-ring (bicyclic) bond motifs is 3. The molecule has 25 nitrogen and oxygen atoms in total. The van der Waals surface area contributed by atoms with E-state index in [9.17, 15) is 74.7 Å². The number of aliphatic hydroxyl groups is 6. The number of nitrogens with one attached hydrogen (secondary N) is 2. The van der Waals surface area contributed by atoms with Gasteiger partial charge < -0.3 is 89.8 Å². The van der Waals surface area contributed by atoms with Crippen molar-refractivity contribution >= 4 is 41.0 Å². The molecule has 424 valence electrons. The van der Waals surface area contributed by atoms with E-state index in [-0.39, 0.29) is 84.5 Å². The van der Waals surface area contributed by atoms with Crippen molar-refractivity contribution in [2.24, 2.45) is 0 Å². The normalized spacial score (nSPS) is 28.5. The Labute approximate surface area is 446 Å². The molecular formula is C53H65N3O22. The summed E-state index contributed by atoms with van der Waals surface area (Å²) in [5.74, 6) is -6.21. The molecule has 2 amide bonds. The Morgan fingerprint density at radius 2 is 1.65 bits per heavy atom. The summed E-state index contributed by atoms with van der Waals surface area (Å²) in [5.41, 5.74) is -3.66. The van der Waals surface area contributed by atoms with Crippen molar-refractivity contribution < 1.29 is 108 Å². The number of anilines is 1. The van der Waals surface area contributed by atoms with Crippen molar-refractivity contribution in [2.75, 3.05) is 38.7 Å². The van der Waals surface area contributed by atoms with Crippen LogP contribution in [0.25, 0.3) is 0 Å². The Morgan fingerprint density at radius 3 is 2.37 bits per heavy atom. The Hall–Kier alpha value is -6.36. The number of rotatable bonds is 20. The highest BCUT2D eigenvalue weighted by molar-refractivity contribution is 6.31. The molecule has 78 heavy (non-hydrogen) atoms. The van der Waals surface area contributed by atoms with E-state index in [1.54, 1.807) is 6.92 Å². The third-order valence-corrected chi connectivity index (χ3v) is 14.8. The lowest BCUT2D eigenvalue weighted by Crippen LogP contribution is -2.61. The first-order valence-electron chi connectivity index (χ1n) is 25.7. The highest BCUT2D eigenvalue weighted by Gasteiger charge is 2.51. The van der Waals surface area contributed by atoms with E-state index in [1.165, 1.54) is 48.4 Å². The Bertz CT molecular complexity index is 2770. The average molecular weight is 1100 g/mol. The van der Waals surface area contributed by atoms with Crippen molar-refractivity contribution in [3.63, 3.8) is 0 Å². The van der Waals surface area contributed by atoms with Crippen molar-refractivity contribution in [1.29, 1.82) is 0 Å². The zero-order chi connectivity index (χ0) is 56.3. The smallest absolute Gasteiger partial charge is 0.412 e. The van der Waals surface area contributed by atoms with Crippen molar-refractivity contribution in [3.8, 4) is 23.0 Å². The second-order valence-corrected chi connectivity index (χ2v) is 20.0. The molecule has 7 unspecified atom stereocenters.